The van der Waals surface area contributed by atoms with Crippen molar-refractivity contribution < 1.29 is 39.2 Å². The first-order chi connectivity index (χ1) is 16.7. The lowest BCUT2D eigenvalue weighted by atomic mass is 9.65. The average Bonchev–Trinajstić information content (AvgIpc) is 3.27. The highest BCUT2D eigenvalue weighted by atomic mass is 32.1. The first-order valence-electron chi connectivity index (χ1n) is 11.4. The summed E-state index contributed by atoms with van der Waals surface area (Å²) < 4.78 is 12.0. The molecule has 4 bridgehead atoms. The monoisotopic (exact) mass is 503 g/mol. The molecule has 1 aromatic heterocycles. The van der Waals surface area contributed by atoms with E-state index in [2.05, 4.69) is 15.1 Å². The van der Waals surface area contributed by atoms with Crippen LogP contribution in [0.25, 0.3) is 10.6 Å². The molecule has 7 atom stereocenters. The van der Waals surface area contributed by atoms with Crippen LogP contribution in [-0.2, 0) is 19.1 Å². The van der Waals surface area contributed by atoms with Gasteiger partial charge in [0.05, 0.1) is 12.8 Å². The predicted octanol–water partition coefficient (Wildman–Crippen LogP) is 1.47. The third kappa shape index (κ3) is 4.73. The van der Waals surface area contributed by atoms with Crippen LogP contribution in [0.5, 0.6) is 5.19 Å². The Balaban J connectivity index is 1.30. The van der Waals surface area contributed by atoms with Gasteiger partial charge in [-0.2, -0.15) is 0 Å². The van der Waals surface area contributed by atoms with Crippen molar-refractivity contribution in [2.24, 2.45) is 17.8 Å². The number of nitrogens with zero attached hydrogens (tertiary/aromatic N) is 3. The maximum atomic E-state index is 12.6. The van der Waals surface area contributed by atoms with Gasteiger partial charge in [-0.3, -0.25) is 14.5 Å². The fraction of sp³-hybridized carbons (Fsp3) is 0.522. The Kier molecular flexibility index (Phi) is 6.20. The van der Waals surface area contributed by atoms with Gasteiger partial charge in [-0.05, 0) is 18.8 Å². The first kappa shape index (κ1) is 23.6. The molecule has 0 spiro atoms. The summed E-state index contributed by atoms with van der Waals surface area (Å²) in [5.41, 5.74) is -1.80. The molecule has 12 heteroatoms. The van der Waals surface area contributed by atoms with Gasteiger partial charge in [0.2, 0.25) is 0 Å². The normalized spacial score (nSPS) is 30.4. The minimum atomic E-state index is -2.74. The van der Waals surface area contributed by atoms with Crippen LogP contribution < -0.4 is 4.74 Å². The van der Waals surface area contributed by atoms with Crippen LogP contribution in [0.3, 0.4) is 0 Å². The van der Waals surface area contributed by atoms with E-state index in [9.17, 15) is 24.6 Å². The molecule has 186 valence electrons. The van der Waals surface area contributed by atoms with E-state index in [-0.39, 0.29) is 17.9 Å². The van der Waals surface area contributed by atoms with Crippen molar-refractivity contribution in [3.63, 3.8) is 0 Å². The van der Waals surface area contributed by atoms with Crippen molar-refractivity contribution in [2.45, 2.75) is 43.6 Å². The summed E-state index contributed by atoms with van der Waals surface area (Å²) in [6, 6.07) is 9.65. The standard InChI is InChI=1S/C23H25N3O8S/c27-16(28)8-23(32,21(30)31)9-17(29)33-20-15-7-12-6-14(11-26(20)10-12)18(15)34-22-25-24-19(35-22)13-4-2-1-3-5-13/h1-5,12,14-15,18,20,32H,6-11H2,(H,27,28)(H,30,31)/t12?,14?,15?,18-,20?,23?/m0/s1. The minimum absolute atomic E-state index is 0.160. The fourth-order valence-electron chi connectivity index (χ4n) is 5.62. The first-order valence-corrected chi connectivity index (χ1v) is 12.2. The molecule has 2 aromatic rings. The van der Waals surface area contributed by atoms with E-state index >= 15 is 0 Å². The van der Waals surface area contributed by atoms with E-state index in [1.165, 1.54) is 11.3 Å². The molecule has 3 saturated heterocycles. The van der Waals surface area contributed by atoms with Crippen molar-refractivity contribution in [2.75, 3.05) is 13.1 Å². The number of benzene rings is 1. The second kappa shape index (κ2) is 9.17. The lowest BCUT2D eigenvalue weighted by Crippen LogP contribution is -2.67. The quantitative estimate of drug-likeness (QED) is 0.425. The van der Waals surface area contributed by atoms with Crippen LogP contribution in [-0.4, -0.2) is 79.3 Å². The Morgan fingerprint density at radius 1 is 1.09 bits per heavy atom. The lowest BCUT2D eigenvalue weighted by Gasteiger charge is -2.58. The van der Waals surface area contributed by atoms with E-state index in [1.54, 1.807) is 0 Å². The molecule has 6 unspecified atom stereocenters. The summed E-state index contributed by atoms with van der Waals surface area (Å²) in [5, 5.41) is 38.0. The highest BCUT2D eigenvalue weighted by Crippen LogP contribution is 2.49. The topological polar surface area (TPSA) is 159 Å². The number of aliphatic hydroxyl groups is 1. The number of hydrogen-bond acceptors (Lipinski definition) is 10. The maximum absolute atomic E-state index is 12.6. The summed E-state index contributed by atoms with van der Waals surface area (Å²) in [4.78, 5) is 37.1. The summed E-state index contributed by atoms with van der Waals surface area (Å²) in [5.74, 6) is -3.75. The Bertz CT molecular complexity index is 1130. The van der Waals surface area contributed by atoms with Crippen LogP contribution >= 0.6 is 11.3 Å². The minimum Gasteiger partial charge on any atom is -0.481 e. The Morgan fingerprint density at radius 3 is 2.57 bits per heavy atom. The van der Waals surface area contributed by atoms with Crippen molar-refractivity contribution >= 4 is 29.2 Å². The predicted molar refractivity (Wildman–Crippen MR) is 120 cm³/mol. The van der Waals surface area contributed by atoms with Crippen LogP contribution in [0.4, 0.5) is 0 Å². The second-order valence-electron chi connectivity index (χ2n) is 9.50. The zero-order valence-electron chi connectivity index (χ0n) is 18.6. The molecule has 0 amide bonds. The number of hydrogen-bond donors (Lipinski definition) is 3. The van der Waals surface area contributed by atoms with E-state index in [4.69, 9.17) is 14.6 Å². The van der Waals surface area contributed by atoms with E-state index in [0.717, 1.165) is 30.0 Å². The largest absolute Gasteiger partial charge is 0.481 e. The van der Waals surface area contributed by atoms with Crippen LogP contribution in [0.2, 0.25) is 0 Å². The molecule has 1 saturated carbocycles. The number of aromatic nitrogens is 2. The van der Waals surface area contributed by atoms with Gasteiger partial charge in [-0.1, -0.05) is 46.8 Å². The third-order valence-corrected chi connectivity index (χ3v) is 7.87. The van der Waals surface area contributed by atoms with Crippen molar-refractivity contribution in [3.8, 4) is 15.8 Å². The van der Waals surface area contributed by atoms with Crippen LogP contribution in [0.15, 0.2) is 30.3 Å². The second-order valence-corrected chi connectivity index (χ2v) is 10.4. The van der Waals surface area contributed by atoms with Crippen LogP contribution in [0, 0.1) is 17.8 Å². The van der Waals surface area contributed by atoms with Gasteiger partial charge in [0, 0.05) is 30.5 Å². The smallest absolute Gasteiger partial charge is 0.336 e. The Labute approximate surface area is 204 Å². The molecule has 1 aromatic carbocycles. The number of carboxylic acid groups (broad SMARTS) is 2. The van der Waals surface area contributed by atoms with Crippen LogP contribution in [0.1, 0.15) is 25.7 Å². The van der Waals surface area contributed by atoms with Gasteiger partial charge in [0.1, 0.15) is 6.10 Å². The Morgan fingerprint density at radius 2 is 1.86 bits per heavy atom. The molecule has 4 heterocycles. The van der Waals surface area contributed by atoms with Gasteiger partial charge in [0.15, 0.2) is 16.8 Å². The summed E-state index contributed by atoms with van der Waals surface area (Å²) in [7, 11) is 0. The van der Waals surface area contributed by atoms with Gasteiger partial charge >= 0.3 is 17.9 Å². The number of rotatable bonds is 9. The molecule has 3 N–H and O–H groups in total. The van der Waals surface area contributed by atoms with Crippen molar-refractivity contribution in [1.29, 1.82) is 0 Å². The van der Waals surface area contributed by atoms with E-state index < -0.39 is 42.6 Å². The van der Waals surface area contributed by atoms with Gasteiger partial charge < -0.3 is 24.8 Å². The molecule has 4 fully saturated rings. The highest BCUT2D eigenvalue weighted by molar-refractivity contribution is 7.16. The molecule has 0 radical (unpaired) electrons. The van der Waals surface area contributed by atoms with Crippen molar-refractivity contribution in [3.05, 3.63) is 30.3 Å². The Hall–Kier alpha value is -3.09. The SMILES string of the molecule is O=C(O)CC(O)(CC(=O)OC1C2CC3CC(CN1C3)[C@@H]2Oc1nnc(-c2ccccc2)s1)C(=O)O. The van der Waals surface area contributed by atoms with Gasteiger partial charge in [-0.15, -0.1) is 5.10 Å². The number of carboxylic acids is 2. The summed E-state index contributed by atoms with van der Waals surface area (Å²) >= 11 is 1.34. The summed E-state index contributed by atoms with van der Waals surface area (Å²) in [6.45, 7) is 1.41. The number of piperidine rings is 3. The molecule has 1 aliphatic carbocycles. The maximum Gasteiger partial charge on any atom is 0.336 e. The third-order valence-electron chi connectivity index (χ3n) is 7.01. The number of ether oxygens (including phenoxy) is 2. The highest BCUT2D eigenvalue weighted by Gasteiger charge is 2.56. The number of carbonyl (C=O) groups excluding carboxylic acids is 1. The molecule has 6 rings (SSSR count). The molecular formula is C23H25N3O8S. The summed E-state index contributed by atoms with van der Waals surface area (Å²) in [6.07, 6.45) is -1.19. The molecule has 4 aliphatic rings. The molecule has 11 nitrogen and oxygen atoms in total. The van der Waals surface area contributed by atoms with Crippen molar-refractivity contribution in [1.82, 2.24) is 15.1 Å². The molecule has 3 aliphatic heterocycles. The number of aliphatic carboxylic acids is 2. The zero-order chi connectivity index (χ0) is 24.7. The molecule has 35 heavy (non-hydrogen) atoms. The van der Waals surface area contributed by atoms with Gasteiger partial charge in [-0.25, -0.2) is 4.79 Å². The zero-order valence-corrected chi connectivity index (χ0v) is 19.5. The number of esters is 1. The lowest BCUT2D eigenvalue weighted by molar-refractivity contribution is -0.223. The van der Waals surface area contributed by atoms with E-state index in [1.807, 2.05) is 30.3 Å². The van der Waals surface area contributed by atoms with E-state index in [0.29, 0.717) is 17.7 Å². The average molecular weight is 504 g/mol. The molecular weight excluding hydrogens is 478 g/mol. The fourth-order valence-corrected chi connectivity index (χ4v) is 6.36. The van der Waals surface area contributed by atoms with Gasteiger partial charge in [0.25, 0.3) is 5.19 Å². The number of carbonyl (C=O) groups is 3.